The van der Waals surface area contributed by atoms with Gasteiger partial charge in [0.05, 0.1) is 5.38 Å². The molecule has 0 aliphatic carbocycles. The van der Waals surface area contributed by atoms with Gasteiger partial charge in [-0.2, -0.15) is 0 Å². The highest BCUT2D eigenvalue weighted by Crippen LogP contribution is 2.31. The van der Waals surface area contributed by atoms with E-state index in [0.29, 0.717) is 12.0 Å². The van der Waals surface area contributed by atoms with E-state index >= 15 is 0 Å². The molecule has 0 fully saturated rings. The molecule has 3 heteroatoms. The minimum Gasteiger partial charge on any atom is -0.207 e. The van der Waals surface area contributed by atoms with Gasteiger partial charge in [0.1, 0.15) is 11.6 Å². The van der Waals surface area contributed by atoms with Crippen molar-refractivity contribution >= 4 is 11.6 Å². The molecule has 2 aromatic rings. The SMILES string of the molecule is Cc1cccc(C)c1C(Cl)Cc1ccc(F)cc1F. The summed E-state index contributed by atoms with van der Waals surface area (Å²) < 4.78 is 26.5. The van der Waals surface area contributed by atoms with E-state index in [2.05, 4.69) is 0 Å². The van der Waals surface area contributed by atoms with Crippen LogP contribution in [0.1, 0.15) is 27.6 Å². The molecule has 1 atom stereocenters. The number of rotatable bonds is 3. The third-order valence-corrected chi connectivity index (χ3v) is 3.64. The fourth-order valence-electron chi connectivity index (χ4n) is 2.30. The predicted molar refractivity (Wildman–Crippen MR) is 74.6 cm³/mol. The molecule has 0 aliphatic heterocycles. The fourth-order valence-corrected chi connectivity index (χ4v) is 2.81. The Balaban J connectivity index is 2.28. The Morgan fingerprint density at radius 3 is 2.26 bits per heavy atom. The summed E-state index contributed by atoms with van der Waals surface area (Å²) in [6, 6.07) is 9.54. The second kappa shape index (κ2) is 5.70. The van der Waals surface area contributed by atoms with E-state index < -0.39 is 11.6 Å². The lowest BCUT2D eigenvalue weighted by atomic mass is 9.96. The van der Waals surface area contributed by atoms with Crippen LogP contribution in [0.3, 0.4) is 0 Å². The monoisotopic (exact) mass is 280 g/mol. The third kappa shape index (κ3) is 3.13. The Kier molecular flexibility index (Phi) is 4.20. The lowest BCUT2D eigenvalue weighted by molar-refractivity contribution is 0.570. The van der Waals surface area contributed by atoms with Gasteiger partial charge in [-0.15, -0.1) is 11.6 Å². The summed E-state index contributed by atoms with van der Waals surface area (Å²) in [4.78, 5) is 0. The molecule has 100 valence electrons. The Bertz CT molecular complexity index is 573. The molecular weight excluding hydrogens is 266 g/mol. The first-order valence-electron chi connectivity index (χ1n) is 6.13. The zero-order valence-electron chi connectivity index (χ0n) is 10.9. The maximum atomic E-state index is 13.6. The molecule has 0 nitrogen and oxygen atoms in total. The molecule has 0 amide bonds. The molecule has 19 heavy (non-hydrogen) atoms. The number of hydrogen-bond donors (Lipinski definition) is 0. The number of hydrogen-bond acceptors (Lipinski definition) is 0. The maximum absolute atomic E-state index is 13.6. The van der Waals surface area contributed by atoms with Crippen LogP contribution in [0.15, 0.2) is 36.4 Å². The number of aryl methyl sites for hydroxylation is 2. The van der Waals surface area contributed by atoms with Crippen molar-refractivity contribution in [3.63, 3.8) is 0 Å². The van der Waals surface area contributed by atoms with Gasteiger partial charge in [-0.25, -0.2) is 8.78 Å². The maximum Gasteiger partial charge on any atom is 0.129 e. The minimum absolute atomic E-state index is 0.318. The molecule has 0 bridgehead atoms. The van der Waals surface area contributed by atoms with Gasteiger partial charge in [0, 0.05) is 6.07 Å². The molecule has 0 spiro atoms. The van der Waals surface area contributed by atoms with Gasteiger partial charge in [0.15, 0.2) is 0 Å². The van der Waals surface area contributed by atoms with E-state index in [0.717, 1.165) is 22.8 Å². The van der Waals surface area contributed by atoms with Gasteiger partial charge in [-0.1, -0.05) is 24.3 Å². The first kappa shape index (κ1) is 14.0. The zero-order valence-corrected chi connectivity index (χ0v) is 11.6. The van der Waals surface area contributed by atoms with Gasteiger partial charge in [-0.05, 0) is 48.6 Å². The molecule has 1 unspecified atom stereocenters. The Hall–Kier alpha value is -1.41. The third-order valence-electron chi connectivity index (χ3n) is 3.27. The van der Waals surface area contributed by atoms with Gasteiger partial charge in [0.25, 0.3) is 0 Å². The van der Waals surface area contributed by atoms with Crippen LogP contribution < -0.4 is 0 Å². The molecule has 0 N–H and O–H groups in total. The van der Waals surface area contributed by atoms with Crippen molar-refractivity contribution in [3.05, 3.63) is 70.3 Å². The molecule has 0 saturated heterocycles. The van der Waals surface area contributed by atoms with Crippen LogP contribution >= 0.6 is 11.6 Å². The van der Waals surface area contributed by atoms with Crippen molar-refractivity contribution < 1.29 is 8.78 Å². The molecule has 0 aliphatic rings. The van der Waals surface area contributed by atoms with Gasteiger partial charge >= 0.3 is 0 Å². The fraction of sp³-hybridized carbons (Fsp3) is 0.250. The van der Waals surface area contributed by atoms with E-state index in [1.54, 1.807) is 0 Å². The molecular formula is C16H15ClF2. The standard InChI is InChI=1S/C16H15ClF2/c1-10-4-3-5-11(2)16(10)14(17)8-12-6-7-13(18)9-15(12)19/h3-7,9,14H,8H2,1-2H3. The summed E-state index contributed by atoms with van der Waals surface area (Å²) >= 11 is 6.40. The Morgan fingerprint density at radius 2 is 1.68 bits per heavy atom. The Labute approximate surface area is 117 Å². The second-order valence-electron chi connectivity index (χ2n) is 4.71. The number of alkyl halides is 1. The lowest BCUT2D eigenvalue weighted by Gasteiger charge is -2.16. The number of benzene rings is 2. The molecule has 0 radical (unpaired) electrons. The first-order valence-corrected chi connectivity index (χ1v) is 6.57. The molecule has 2 aromatic carbocycles. The van der Waals surface area contributed by atoms with Crippen molar-refractivity contribution in [2.24, 2.45) is 0 Å². The number of halogens is 3. The summed E-state index contributed by atoms with van der Waals surface area (Å²) in [7, 11) is 0. The Morgan fingerprint density at radius 1 is 1.05 bits per heavy atom. The van der Waals surface area contributed by atoms with Crippen molar-refractivity contribution in [1.29, 1.82) is 0 Å². The van der Waals surface area contributed by atoms with E-state index in [1.165, 1.54) is 12.1 Å². The lowest BCUT2D eigenvalue weighted by Crippen LogP contribution is -2.03. The van der Waals surface area contributed by atoms with Crippen LogP contribution in [0.5, 0.6) is 0 Å². The van der Waals surface area contributed by atoms with Crippen molar-refractivity contribution in [1.82, 2.24) is 0 Å². The molecule has 0 aromatic heterocycles. The van der Waals surface area contributed by atoms with Crippen LogP contribution in [0.2, 0.25) is 0 Å². The van der Waals surface area contributed by atoms with Crippen LogP contribution in [0.25, 0.3) is 0 Å². The van der Waals surface area contributed by atoms with Crippen molar-refractivity contribution in [2.45, 2.75) is 25.6 Å². The summed E-state index contributed by atoms with van der Waals surface area (Å²) in [6.07, 6.45) is 0.347. The van der Waals surface area contributed by atoms with E-state index in [9.17, 15) is 8.78 Å². The van der Waals surface area contributed by atoms with Crippen molar-refractivity contribution in [3.8, 4) is 0 Å². The average molecular weight is 281 g/mol. The largest absolute Gasteiger partial charge is 0.207 e. The molecule has 0 saturated carbocycles. The second-order valence-corrected chi connectivity index (χ2v) is 5.24. The first-order chi connectivity index (χ1) is 8.99. The highest BCUT2D eigenvalue weighted by molar-refractivity contribution is 6.21. The highest BCUT2D eigenvalue weighted by Gasteiger charge is 2.16. The minimum atomic E-state index is -0.570. The topological polar surface area (TPSA) is 0 Å². The van der Waals surface area contributed by atoms with E-state index in [-0.39, 0.29) is 5.38 Å². The summed E-state index contributed by atoms with van der Waals surface area (Å²) in [5, 5.41) is -0.318. The zero-order chi connectivity index (χ0) is 14.0. The van der Waals surface area contributed by atoms with Gasteiger partial charge in [-0.3, -0.25) is 0 Å². The normalized spacial score (nSPS) is 12.5. The quantitative estimate of drug-likeness (QED) is 0.686. The van der Waals surface area contributed by atoms with Crippen molar-refractivity contribution in [2.75, 3.05) is 0 Å². The molecule has 2 rings (SSSR count). The van der Waals surface area contributed by atoms with Crippen LogP contribution in [-0.2, 0) is 6.42 Å². The van der Waals surface area contributed by atoms with E-state index in [4.69, 9.17) is 11.6 Å². The predicted octanol–water partition coefficient (Wildman–Crippen LogP) is 5.10. The van der Waals surface area contributed by atoms with Gasteiger partial charge < -0.3 is 0 Å². The van der Waals surface area contributed by atoms with E-state index in [1.807, 2.05) is 32.0 Å². The van der Waals surface area contributed by atoms with Gasteiger partial charge in [0.2, 0.25) is 0 Å². The average Bonchev–Trinajstić information content (AvgIpc) is 2.32. The summed E-state index contributed by atoms with van der Waals surface area (Å²) in [5.74, 6) is -1.11. The van der Waals surface area contributed by atoms with Crippen LogP contribution in [0, 0.1) is 25.5 Å². The summed E-state index contributed by atoms with van der Waals surface area (Å²) in [5.41, 5.74) is 3.63. The molecule has 0 heterocycles. The van der Waals surface area contributed by atoms with Crippen LogP contribution in [-0.4, -0.2) is 0 Å². The van der Waals surface area contributed by atoms with Crippen LogP contribution in [0.4, 0.5) is 8.78 Å². The smallest absolute Gasteiger partial charge is 0.129 e. The summed E-state index contributed by atoms with van der Waals surface area (Å²) in [6.45, 7) is 3.97. The highest BCUT2D eigenvalue weighted by atomic mass is 35.5.